The number of benzene rings is 4. The molecule has 4 nitrogen and oxygen atoms in total. The highest BCUT2D eigenvalue weighted by Crippen LogP contribution is 2.58. The molecule has 139 valence electrons. The molecule has 0 bridgehead atoms. The molecule has 1 spiro atoms. The molecule has 29 heavy (non-hydrogen) atoms. The molecule has 2 aliphatic heterocycles. The molecule has 0 aromatic heterocycles. The smallest absolute Gasteiger partial charge is 0.141 e. The summed E-state index contributed by atoms with van der Waals surface area (Å²) in [6.45, 7) is 0. The highest BCUT2D eigenvalue weighted by molar-refractivity contribution is 5.85. The Hall–Kier alpha value is -3.44. The molecule has 4 aromatic carbocycles. The Bertz CT molecular complexity index is 1070. The maximum atomic E-state index is 13.4. The molecule has 1 radical (unpaired) electrons. The molecular weight excluding hydrogens is 360 g/mol. The summed E-state index contributed by atoms with van der Waals surface area (Å²) in [5, 5.41) is 27.7. The Morgan fingerprint density at radius 3 is 1.45 bits per heavy atom. The summed E-state index contributed by atoms with van der Waals surface area (Å²) in [5.74, 6) is 0. The van der Waals surface area contributed by atoms with Crippen molar-refractivity contribution in [3.63, 3.8) is 0 Å². The summed E-state index contributed by atoms with van der Waals surface area (Å²) < 4.78 is 0. The second-order valence-corrected chi connectivity index (χ2v) is 7.50. The molecule has 0 aliphatic carbocycles. The van der Waals surface area contributed by atoms with Gasteiger partial charge in [-0.3, -0.25) is 0 Å². The lowest BCUT2D eigenvalue weighted by atomic mass is 9.60. The average molecular weight is 377 g/mol. The molecule has 1 N–H and O–H groups in total. The highest BCUT2D eigenvalue weighted by Gasteiger charge is 2.52. The molecule has 0 amide bonds. The van der Waals surface area contributed by atoms with Crippen molar-refractivity contribution in [2.24, 2.45) is 0 Å². The number of anilines is 2. The number of hydrogen-bond acceptors (Lipinski definition) is 2. The van der Waals surface area contributed by atoms with Crippen molar-refractivity contribution in [2.45, 2.75) is 5.41 Å². The summed E-state index contributed by atoms with van der Waals surface area (Å²) in [4.78, 5) is 0. The zero-order valence-electron chi connectivity index (χ0n) is 15.5. The first-order valence-electron chi connectivity index (χ1n) is 9.64. The van der Waals surface area contributed by atoms with Crippen molar-refractivity contribution in [3.05, 3.63) is 125 Å². The summed E-state index contributed by atoms with van der Waals surface area (Å²) >= 11 is 0. The quantitative estimate of drug-likeness (QED) is 0.458. The Labute approximate surface area is 168 Å². The first-order chi connectivity index (χ1) is 14.2. The normalized spacial score (nSPS) is 16.0. The molecule has 0 unspecified atom stereocenters. The van der Waals surface area contributed by atoms with E-state index in [4.69, 9.17) is 0 Å². The van der Waals surface area contributed by atoms with Gasteiger partial charge in [-0.15, -0.1) is 0 Å². The van der Waals surface area contributed by atoms with Gasteiger partial charge in [-0.1, -0.05) is 78.0 Å². The van der Waals surface area contributed by atoms with E-state index in [1.807, 2.05) is 97.1 Å². The van der Waals surface area contributed by atoms with Crippen molar-refractivity contribution < 1.29 is 10.3 Å². The summed E-state index contributed by atoms with van der Waals surface area (Å²) in [6, 6.07) is 31.0. The van der Waals surface area contributed by atoms with E-state index in [1.54, 1.807) is 0 Å². The fourth-order valence-electron chi connectivity index (χ4n) is 5.10. The lowest BCUT2D eigenvalue weighted by molar-refractivity contribution is -0.701. The second-order valence-electron chi connectivity index (χ2n) is 7.50. The van der Waals surface area contributed by atoms with Crippen LogP contribution in [-0.4, -0.2) is 0 Å². The standard InChI is InChI=1S/C25H17N2O2/c28-26-21-13-5-1-9-17(21)25(18-10-2-6-14-22(18)26)19-11-3-7-15-23(19)27(29)24-16-8-4-12-20(24)25/h1-16,26H. The highest BCUT2D eigenvalue weighted by atomic mass is 16.5. The van der Waals surface area contributed by atoms with E-state index in [0.717, 1.165) is 27.3 Å². The van der Waals surface area contributed by atoms with Gasteiger partial charge in [0.15, 0.2) is 0 Å². The van der Waals surface area contributed by atoms with Gasteiger partial charge in [-0.25, -0.2) is 0 Å². The molecule has 0 atom stereocenters. The number of nitrogens with zero attached hydrogens (tertiary/aromatic N) is 1. The minimum Gasteiger partial charge on any atom is -0.623 e. The second kappa shape index (κ2) is 5.78. The third kappa shape index (κ3) is 1.93. The van der Waals surface area contributed by atoms with Gasteiger partial charge in [0.1, 0.15) is 11.4 Å². The van der Waals surface area contributed by atoms with E-state index in [0.29, 0.717) is 22.7 Å². The van der Waals surface area contributed by atoms with Crippen LogP contribution in [0.25, 0.3) is 0 Å². The summed E-state index contributed by atoms with van der Waals surface area (Å²) in [5.41, 5.74) is 5.56. The van der Waals surface area contributed by atoms with Gasteiger partial charge in [0.25, 0.3) is 0 Å². The van der Waals surface area contributed by atoms with Crippen LogP contribution in [0.3, 0.4) is 0 Å². The third-order valence-corrected chi connectivity index (χ3v) is 6.21. The van der Waals surface area contributed by atoms with Crippen LogP contribution in [0.15, 0.2) is 97.1 Å². The molecule has 0 saturated carbocycles. The first kappa shape index (κ1) is 16.5. The zero-order chi connectivity index (χ0) is 19.6. The van der Waals surface area contributed by atoms with Crippen molar-refractivity contribution in [1.82, 2.24) is 0 Å². The zero-order valence-corrected chi connectivity index (χ0v) is 15.5. The van der Waals surface area contributed by atoms with E-state index < -0.39 is 5.41 Å². The number of para-hydroxylation sites is 4. The predicted molar refractivity (Wildman–Crippen MR) is 111 cm³/mol. The number of nitrogens with one attached hydrogen (secondary N) is 1. The monoisotopic (exact) mass is 377 g/mol. The lowest BCUT2D eigenvalue weighted by Crippen LogP contribution is -2.98. The van der Waals surface area contributed by atoms with Crippen LogP contribution >= 0.6 is 0 Å². The van der Waals surface area contributed by atoms with Gasteiger partial charge in [-0.2, -0.15) is 5.06 Å². The topological polar surface area (TPSA) is 50.6 Å². The van der Waals surface area contributed by atoms with Gasteiger partial charge in [0, 0.05) is 23.3 Å². The van der Waals surface area contributed by atoms with Crippen LogP contribution in [0.5, 0.6) is 0 Å². The number of rotatable bonds is 0. The van der Waals surface area contributed by atoms with Crippen molar-refractivity contribution in [1.29, 1.82) is 0 Å². The maximum Gasteiger partial charge on any atom is 0.141 e. The van der Waals surface area contributed by atoms with Crippen LogP contribution in [0.1, 0.15) is 22.3 Å². The molecule has 0 saturated heterocycles. The van der Waals surface area contributed by atoms with E-state index >= 15 is 0 Å². The molecule has 0 fully saturated rings. The minimum absolute atomic E-state index is 0.0290. The molecule has 6 rings (SSSR count). The number of quaternary nitrogens is 1. The molecule has 4 aromatic rings. The van der Waals surface area contributed by atoms with Gasteiger partial charge >= 0.3 is 0 Å². The summed E-state index contributed by atoms with van der Waals surface area (Å²) in [6.07, 6.45) is 0. The number of fused-ring (bicyclic) bond motifs is 8. The van der Waals surface area contributed by atoms with Crippen LogP contribution in [0, 0.1) is 5.21 Å². The Morgan fingerprint density at radius 2 is 0.966 bits per heavy atom. The minimum atomic E-state index is -0.713. The van der Waals surface area contributed by atoms with E-state index in [1.165, 1.54) is 0 Å². The average Bonchev–Trinajstić information content (AvgIpc) is 2.79. The Kier molecular flexibility index (Phi) is 3.29. The van der Waals surface area contributed by atoms with E-state index in [-0.39, 0.29) is 5.06 Å². The Balaban J connectivity index is 1.87. The van der Waals surface area contributed by atoms with Crippen molar-refractivity contribution >= 4 is 22.7 Å². The van der Waals surface area contributed by atoms with Crippen LogP contribution < -0.4 is 10.1 Å². The molecule has 4 heteroatoms. The SMILES string of the molecule is [O]N1c2ccccc2C2(c3ccccc31)c1ccccc1[NH+]([O-])c1ccccc12. The maximum absolute atomic E-state index is 13.4. The fourth-order valence-corrected chi connectivity index (χ4v) is 5.10. The third-order valence-electron chi connectivity index (χ3n) is 6.21. The Morgan fingerprint density at radius 1 is 0.586 bits per heavy atom. The van der Waals surface area contributed by atoms with Crippen molar-refractivity contribution in [2.75, 3.05) is 5.06 Å². The van der Waals surface area contributed by atoms with Gasteiger partial charge < -0.3 is 10.3 Å². The largest absolute Gasteiger partial charge is 0.623 e. The van der Waals surface area contributed by atoms with Crippen LogP contribution in [-0.2, 0) is 10.6 Å². The molecule has 2 aliphatic rings. The van der Waals surface area contributed by atoms with Gasteiger partial charge in [0.05, 0.1) is 16.8 Å². The van der Waals surface area contributed by atoms with Gasteiger partial charge in [-0.05, 0) is 23.3 Å². The van der Waals surface area contributed by atoms with Crippen LogP contribution in [0.2, 0.25) is 0 Å². The van der Waals surface area contributed by atoms with Crippen LogP contribution in [0.4, 0.5) is 22.7 Å². The van der Waals surface area contributed by atoms with E-state index in [2.05, 4.69) is 0 Å². The lowest BCUT2D eigenvalue weighted by Gasteiger charge is -2.48. The van der Waals surface area contributed by atoms with Gasteiger partial charge in [0.2, 0.25) is 0 Å². The number of hydrogen-bond donors (Lipinski definition) is 1. The summed E-state index contributed by atoms with van der Waals surface area (Å²) in [7, 11) is 0. The molecular formula is C25H17N2O2. The van der Waals surface area contributed by atoms with Crippen molar-refractivity contribution in [3.8, 4) is 0 Å². The predicted octanol–water partition coefficient (Wildman–Crippen LogP) is 4.53. The first-order valence-corrected chi connectivity index (χ1v) is 9.64. The molecule has 2 heterocycles. The van der Waals surface area contributed by atoms with E-state index in [9.17, 15) is 10.4 Å². The fraction of sp³-hybridized carbons (Fsp3) is 0.0400.